The zero-order chi connectivity index (χ0) is 21.8. The van der Waals surface area contributed by atoms with Crippen LogP contribution in [0.2, 0.25) is 0 Å². The molecule has 0 atom stereocenters. The van der Waals surface area contributed by atoms with E-state index >= 15 is 0 Å². The Hall–Kier alpha value is -2.30. The average molecular weight is 455 g/mol. The zero-order valence-corrected chi connectivity index (χ0v) is 18.6. The van der Waals surface area contributed by atoms with Crippen LogP contribution in [-0.4, -0.2) is 47.9 Å². The highest BCUT2D eigenvalue weighted by atomic mass is 32.2. The molecular formula is C20H26N2O6S2. The molecule has 8 nitrogen and oxygen atoms in total. The molecular weight excluding hydrogens is 428 g/mol. The van der Waals surface area contributed by atoms with Crippen LogP contribution in [0.4, 0.5) is 5.69 Å². The number of ether oxygens (including phenoxy) is 2. The van der Waals surface area contributed by atoms with Gasteiger partial charge in [-0.3, -0.25) is 4.72 Å². The number of nitrogens with zero attached hydrogens (tertiary/aromatic N) is 1. The molecule has 0 unspecified atom stereocenters. The Kier molecular flexibility index (Phi) is 6.89. The predicted octanol–water partition coefficient (Wildman–Crippen LogP) is 3.07. The first kappa shape index (κ1) is 22.4. The number of benzene rings is 2. The van der Waals surface area contributed by atoms with E-state index in [2.05, 4.69) is 4.72 Å². The summed E-state index contributed by atoms with van der Waals surface area (Å²) in [6.07, 6.45) is 2.63. The standard InChI is InChI=1S/C20H26N2O6S2/c1-3-28-16-7-9-17(10-8-16)29(23,24)21-19-15-18(11-12-20(19)27-2)30(25,26)22-13-5-4-6-14-22/h7-12,15,21H,3-6,13-14H2,1-2H3. The molecule has 0 aromatic heterocycles. The first-order valence-corrected chi connectivity index (χ1v) is 12.6. The van der Waals surface area contributed by atoms with Crippen molar-refractivity contribution in [2.45, 2.75) is 36.0 Å². The van der Waals surface area contributed by atoms with Gasteiger partial charge in [0.25, 0.3) is 10.0 Å². The highest BCUT2D eigenvalue weighted by molar-refractivity contribution is 7.92. The molecule has 30 heavy (non-hydrogen) atoms. The highest BCUT2D eigenvalue weighted by Crippen LogP contribution is 2.31. The molecule has 0 bridgehead atoms. The number of sulfonamides is 2. The molecule has 0 radical (unpaired) electrons. The summed E-state index contributed by atoms with van der Waals surface area (Å²) in [6.45, 7) is 3.23. The lowest BCUT2D eigenvalue weighted by molar-refractivity contribution is 0.340. The van der Waals surface area contributed by atoms with E-state index in [0.717, 1.165) is 19.3 Å². The molecule has 0 saturated carbocycles. The molecule has 0 spiro atoms. The third-order valence-electron chi connectivity index (χ3n) is 4.81. The third kappa shape index (κ3) is 4.88. The SMILES string of the molecule is CCOc1ccc(S(=O)(=O)Nc2cc(S(=O)(=O)N3CCCCC3)ccc2OC)cc1. The van der Waals surface area contributed by atoms with E-state index < -0.39 is 20.0 Å². The minimum atomic E-state index is -3.96. The van der Waals surface area contributed by atoms with Crippen molar-refractivity contribution < 1.29 is 26.3 Å². The largest absolute Gasteiger partial charge is 0.495 e. The van der Waals surface area contributed by atoms with E-state index in [1.807, 2.05) is 6.92 Å². The molecule has 1 aliphatic heterocycles. The van der Waals surface area contributed by atoms with E-state index in [1.165, 1.54) is 41.7 Å². The van der Waals surface area contributed by atoms with Crippen LogP contribution >= 0.6 is 0 Å². The number of anilines is 1. The quantitative estimate of drug-likeness (QED) is 0.658. The summed E-state index contributed by atoms with van der Waals surface area (Å²) in [5.41, 5.74) is 0.0597. The first-order chi connectivity index (χ1) is 14.3. The third-order valence-corrected chi connectivity index (χ3v) is 8.09. The summed E-state index contributed by atoms with van der Waals surface area (Å²) in [5, 5.41) is 0. The Morgan fingerprint density at radius 1 is 0.933 bits per heavy atom. The fourth-order valence-corrected chi connectivity index (χ4v) is 5.87. The number of nitrogens with one attached hydrogen (secondary N) is 1. The lowest BCUT2D eigenvalue weighted by atomic mass is 10.2. The van der Waals surface area contributed by atoms with Gasteiger partial charge in [-0.15, -0.1) is 0 Å². The summed E-state index contributed by atoms with van der Waals surface area (Å²) in [4.78, 5) is 0.0480. The Balaban J connectivity index is 1.91. The van der Waals surface area contributed by atoms with Crippen molar-refractivity contribution in [1.82, 2.24) is 4.31 Å². The van der Waals surface area contributed by atoms with Crippen LogP contribution in [0.5, 0.6) is 11.5 Å². The van der Waals surface area contributed by atoms with Crippen molar-refractivity contribution in [3.05, 3.63) is 42.5 Å². The molecule has 1 N–H and O–H groups in total. The second-order valence-electron chi connectivity index (χ2n) is 6.84. The van der Waals surface area contributed by atoms with E-state index in [4.69, 9.17) is 9.47 Å². The van der Waals surface area contributed by atoms with Crippen LogP contribution < -0.4 is 14.2 Å². The molecule has 10 heteroatoms. The van der Waals surface area contributed by atoms with Crippen molar-refractivity contribution >= 4 is 25.7 Å². The van der Waals surface area contributed by atoms with E-state index in [1.54, 1.807) is 12.1 Å². The van der Waals surface area contributed by atoms with Crippen molar-refractivity contribution in [2.75, 3.05) is 31.5 Å². The number of hydrogen-bond donors (Lipinski definition) is 1. The van der Waals surface area contributed by atoms with Gasteiger partial charge < -0.3 is 9.47 Å². The summed E-state index contributed by atoms with van der Waals surface area (Å²) in [5.74, 6) is 0.783. The smallest absolute Gasteiger partial charge is 0.262 e. The number of piperidine rings is 1. The lowest BCUT2D eigenvalue weighted by Crippen LogP contribution is -2.35. The molecule has 164 valence electrons. The predicted molar refractivity (Wildman–Crippen MR) is 114 cm³/mol. The van der Waals surface area contributed by atoms with Gasteiger partial charge in [0, 0.05) is 13.1 Å². The zero-order valence-electron chi connectivity index (χ0n) is 17.0. The maximum absolute atomic E-state index is 13.0. The fourth-order valence-electron chi connectivity index (χ4n) is 3.27. The van der Waals surface area contributed by atoms with Crippen LogP contribution in [0.25, 0.3) is 0 Å². The van der Waals surface area contributed by atoms with Gasteiger partial charge in [-0.25, -0.2) is 16.8 Å². The number of rotatable bonds is 8. The maximum Gasteiger partial charge on any atom is 0.262 e. The van der Waals surface area contributed by atoms with Crippen LogP contribution in [0, 0.1) is 0 Å². The fraction of sp³-hybridized carbons (Fsp3) is 0.400. The first-order valence-electron chi connectivity index (χ1n) is 9.72. The van der Waals surface area contributed by atoms with Crippen molar-refractivity contribution in [2.24, 2.45) is 0 Å². The summed E-state index contributed by atoms with van der Waals surface area (Å²) < 4.78 is 66.1. The second-order valence-corrected chi connectivity index (χ2v) is 10.5. The molecule has 0 aliphatic carbocycles. The number of hydrogen-bond acceptors (Lipinski definition) is 6. The topological polar surface area (TPSA) is 102 Å². The van der Waals surface area contributed by atoms with E-state index in [-0.39, 0.29) is 21.2 Å². The summed E-state index contributed by atoms with van der Waals surface area (Å²) >= 11 is 0. The van der Waals surface area contributed by atoms with Gasteiger partial charge in [0.15, 0.2) is 0 Å². The Bertz CT molecular complexity index is 1080. The summed E-state index contributed by atoms with van der Waals surface area (Å²) in [6, 6.07) is 10.2. The Labute approximate surface area is 177 Å². The van der Waals surface area contributed by atoms with Crippen LogP contribution in [0.3, 0.4) is 0 Å². The van der Waals surface area contributed by atoms with Crippen molar-refractivity contribution in [1.29, 1.82) is 0 Å². The van der Waals surface area contributed by atoms with Gasteiger partial charge in [-0.05, 0) is 62.2 Å². The molecule has 2 aromatic rings. The van der Waals surface area contributed by atoms with Gasteiger partial charge in [0.2, 0.25) is 10.0 Å². The summed E-state index contributed by atoms with van der Waals surface area (Å²) in [7, 11) is -6.28. The van der Waals surface area contributed by atoms with Gasteiger partial charge >= 0.3 is 0 Å². The Morgan fingerprint density at radius 2 is 1.57 bits per heavy atom. The van der Waals surface area contributed by atoms with Gasteiger partial charge in [0.05, 0.1) is 29.2 Å². The maximum atomic E-state index is 13.0. The van der Waals surface area contributed by atoms with Gasteiger partial charge in [-0.2, -0.15) is 4.31 Å². The number of methoxy groups -OCH3 is 1. The van der Waals surface area contributed by atoms with Crippen LogP contribution in [0.15, 0.2) is 52.3 Å². The van der Waals surface area contributed by atoms with E-state index in [0.29, 0.717) is 25.4 Å². The normalized spacial score (nSPS) is 15.5. The minimum Gasteiger partial charge on any atom is -0.495 e. The van der Waals surface area contributed by atoms with Gasteiger partial charge in [-0.1, -0.05) is 6.42 Å². The van der Waals surface area contributed by atoms with Gasteiger partial charge in [0.1, 0.15) is 11.5 Å². The Morgan fingerprint density at radius 3 is 2.17 bits per heavy atom. The molecule has 2 aromatic carbocycles. The minimum absolute atomic E-state index is 0.0228. The van der Waals surface area contributed by atoms with Crippen LogP contribution in [-0.2, 0) is 20.0 Å². The molecule has 3 rings (SSSR count). The molecule has 1 saturated heterocycles. The van der Waals surface area contributed by atoms with Crippen molar-refractivity contribution in [3.8, 4) is 11.5 Å². The molecule has 0 amide bonds. The second kappa shape index (κ2) is 9.23. The van der Waals surface area contributed by atoms with E-state index in [9.17, 15) is 16.8 Å². The highest BCUT2D eigenvalue weighted by Gasteiger charge is 2.27. The molecule has 1 fully saturated rings. The lowest BCUT2D eigenvalue weighted by Gasteiger charge is -2.26. The average Bonchev–Trinajstić information content (AvgIpc) is 2.74. The van der Waals surface area contributed by atoms with Crippen molar-refractivity contribution in [3.63, 3.8) is 0 Å². The van der Waals surface area contributed by atoms with Crippen LogP contribution in [0.1, 0.15) is 26.2 Å². The molecule has 1 heterocycles. The molecule has 1 aliphatic rings. The monoisotopic (exact) mass is 454 g/mol.